The van der Waals surface area contributed by atoms with E-state index in [0.717, 1.165) is 22.8 Å². The summed E-state index contributed by atoms with van der Waals surface area (Å²) in [7, 11) is 0. The molecule has 0 radical (unpaired) electrons. The fraction of sp³-hybridized carbons (Fsp3) is 0.0500. The quantitative estimate of drug-likeness (QED) is 0.310. The average molecular weight is 426 g/mol. The van der Waals surface area contributed by atoms with Crippen LogP contribution in [-0.2, 0) is 5.75 Å². The van der Waals surface area contributed by atoms with Crippen molar-refractivity contribution in [2.75, 3.05) is 0 Å². The molecular weight excluding hydrogens is 414 g/mol. The van der Waals surface area contributed by atoms with Crippen LogP contribution in [0, 0.1) is 11.6 Å². The second-order valence-corrected chi connectivity index (χ2v) is 8.08. The smallest absolute Gasteiger partial charge is 0.266 e. The minimum Gasteiger partial charge on any atom is -0.297 e. The van der Waals surface area contributed by atoms with E-state index in [1.807, 2.05) is 22.2 Å². The molecule has 0 spiro atoms. The molecule has 5 nitrogen and oxygen atoms in total. The van der Waals surface area contributed by atoms with Crippen LogP contribution in [-0.4, -0.2) is 18.9 Å². The number of para-hydroxylation sites is 1. The maximum Gasteiger partial charge on any atom is 0.266 e. The Morgan fingerprint density at radius 2 is 1.97 bits per heavy atom. The topological polar surface area (TPSA) is 52.2 Å². The second-order valence-electron chi connectivity index (χ2n) is 6.26. The third kappa shape index (κ3) is 3.22. The lowest BCUT2D eigenvalue weighted by atomic mass is 10.2. The number of hydrogen-bond acceptors (Lipinski definition) is 5. The minimum absolute atomic E-state index is 0.0389. The van der Waals surface area contributed by atoms with Crippen LogP contribution in [0.15, 0.2) is 70.2 Å². The van der Waals surface area contributed by atoms with Crippen LogP contribution in [0.25, 0.3) is 21.6 Å². The van der Waals surface area contributed by atoms with Gasteiger partial charge in [0.25, 0.3) is 5.56 Å². The molecule has 29 heavy (non-hydrogen) atoms. The predicted octanol–water partition coefficient (Wildman–Crippen LogP) is 4.67. The van der Waals surface area contributed by atoms with Crippen molar-refractivity contribution in [2.45, 2.75) is 10.9 Å². The van der Waals surface area contributed by atoms with Crippen molar-refractivity contribution in [3.8, 4) is 5.69 Å². The summed E-state index contributed by atoms with van der Waals surface area (Å²) in [5.74, 6) is -1.09. The standard InChI is InChI=1S/C20H12F2N4OS2/c21-12-5-6-17(15(22)9-12)26-18(27)14-3-1-2-4-16(14)24-20(26)29-11-13-10-25-7-8-28-19(25)23-13/h1-10H,11H2. The lowest BCUT2D eigenvalue weighted by Gasteiger charge is -2.13. The molecule has 0 bridgehead atoms. The molecule has 0 aliphatic rings. The normalized spacial score (nSPS) is 11.5. The Kier molecular flexibility index (Phi) is 4.40. The molecule has 5 aromatic rings. The summed E-state index contributed by atoms with van der Waals surface area (Å²) in [5, 5.41) is 2.62. The summed E-state index contributed by atoms with van der Waals surface area (Å²) in [6, 6.07) is 10.0. The van der Waals surface area contributed by atoms with Crippen LogP contribution >= 0.6 is 23.1 Å². The molecule has 5 rings (SSSR count). The van der Waals surface area contributed by atoms with Gasteiger partial charge < -0.3 is 0 Å². The maximum atomic E-state index is 14.5. The van der Waals surface area contributed by atoms with Gasteiger partial charge in [0, 0.05) is 29.6 Å². The average Bonchev–Trinajstić information content (AvgIpc) is 3.29. The number of fused-ring (bicyclic) bond motifs is 2. The van der Waals surface area contributed by atoms with E-state index in [9.17, 15) is 13.6 Å². The highest BCUT2D eigenvalue weighted by molar-refractivity contribution is 7.98. The maximum absolute atomic E-state index is 14.5. The highest BCUT2D eigenvalue weighted by atomic mass is 32.2. The summed E-state index contributed by atoms with van der Waals surface area (Å²) in [6.07, 6.45) is 3.82. The van der Waals surface area contributed by atoms with E-state index >= 15 is 0 Å². The largest absolute Gasteiger partial charge is 0.297 e. The van der Waals surface area contributed by atoms with E-state index in [-0.39, 0.29) is 5.69 Å². The van der Waals surface area contributed by atoms with E-state index in [0.29, 0.717) is 21.8 Å². The molecule has 144 valence electrons. The first-order chi connectivity index (χ1) is 14.1. The molecule has 9 heteroatoms. The van der Waals surface area contributed by atoms with Crippen LogP contribution in [0.2, 0.25) is 0 Å². The number of halogens is 2. The molecule has 0 aliphatic carbocycles. The molecule has 0 amide bonds. The minimum atomic E-state index is -0.825. The third-order valence-electron chi connectivity index (χ3n) is 4.39. The van der Waals surface area contributed by atoms with Gasteiger partial charge in [0.15, 0.2) is 10.1 Å². The number of imidazole rings is 1. The van der Waals surface area contributed by atoms with Gasteiger partial charge in [-0.05, 0) is 24.3 Å². The highest BCUT2D eigenvalue weighted by Crippen LogP contribution is 2.26. The lowest BCUT2D eigenvalue weighted by molar-refractivity contribution is 0.572. The van der Waals surface area contributed by atoms with Gasteiger partial charge in [-0.15, -0.1) is 11.3 Å². The summed E-state index contributed by atoms with van der Waals surface area (Å²) in [5.41, 5.74) is 0.886. The fourth-order valence-electron chi connectivity index (χ4n) is 3.07. The summed E-state index contributed by atoms with van der Waals surface area (Å²) in [6.45, 7) is 0. The van der Waals surface area contributed by atoms with Crippen molar-refractivity contribution in [1.29, 1.82) is 0 Å². The Hall–Kier alpha value is -3.04. The van der Waals surface area contributed by atoms with Gasteiger partial charge in [-0.2, -0.15) is 0 Å². The SMILES string of the molecule is O=c1c2ccccc2nc(SCc2cn3ccsc3n2)n1-c1ccc(F)cc1F. The van der Waals surface area contributed by atoms with Crippen LogP contribution in [0.5, 0.6) is 0 Å². The number of thiazole rings is 1. The Bertz CT molecular complexity index is 1390. The zero-order valence-electron chi connectivity index (χ0n) is 14.8. The number of aromatic nitrogens is 4. The highest BCUT2D eigenvalue weighted by Gasteiger charge is 2.17. The van der Waals surface area contributed by atoms with Crippen molar-refractivity contribution < 1.29 is 8.78 Å². The van der Waals surface area contributed by atoms with Gasteiger partial charge in [-0.3, -0.25) is 13.8 Å². The molecule has 0 aliphatic heterocycles. The zero-order valence-corrected chi connectivity index (χ0v) is 16.4. The van der Waals surface area contributed by atoms with Crippen molar-refractivity contribution in [2.24, 2.45) is 0 Å². The van der Waals surface area contributed by atoms with Crippen molar-refractivity contribution >= 4 is 39.0 Å². The zero-order chi connectivity index (χ0) is 20.0. The van der Waals surface area contributed by atoms with Gasteiger partial charge in [0.1, 0.15) is 11.6 Å². The summed E-state index contributed by atoms with van der Waals surface area (Å²) >= 11 is 2.80. The third-order valence-corrected chi connectivity index (χ3v) is 6.13. The van der Waals surface area contributed by atoms with E-state index in [1.54, 1.807) is 24.3 Å². The monoisotopic (exact) mass is 426 g/mol. The molecule has 3 aromatic heterocycles. The van der Waals surface area contributed by atoms with Crippen LogP contribution in [0.4, 0.5) is 8.78 Å². The Labute approximate surface area is 171 Å². The molecule has 0 fully saturated rings. The van der Waals surface area contributed by atoms with Crippen LogP contribution in [0.3, 0.4) is 0 Å². The molecule has 0 saturated carbocycles. The summed E-state index contributed by atoms with van der Waals surface area (Å²) < 4.78 is 31.0. The van der Waals surface area contributed by atoms with E-state index in [1.165, 1.54) is 33.7 Å². The fourth-order valence-corrected chi connectivity index (χ4v) is 4.68. The number of benzene rings is 2. The van der Waals surface area contributed by atoms with E-state index < -0.39 is 17.2 Å². The van der Waals surface area contributed by atoms with Gasteiger partial charge >= 0.3 is 0 Å². The van der Waals surface area contributed by atoms with Gasteiger partial charge in [-0.25, -0.2) is 18.7 Å². The molecule has 0 atom stereocenters. The Morgan fingerprint density at radius 1 is 1.10 bits per heavy atom. The first kappa shape index (κ1) is 18.0. The number of thioether (sulfide) groups is 1. The first-order valence-electron chi connectivity index (χ1n) is 8.61. The predicted molar refractivity (Wildman–Crippen MR) is 110 cm³/mol. The molecule has 2 aromatic carbocycles. The Balaban J connectivity index is 1.64. The van der Waals surface area contributed by atoms with Crippen molar-refractivity contribution in [3.63, 3.8) is 0 Å². The lowest BCUT2D eigenvalue weighted by Crippen LogP contribution is -2.22. The van der Waals surface area contributed by atoms with Gasteiger partial charge in [-0.1, -0.05) is 23.9 Å². The van der Waals surface area contributed by atoms with Crippen molar-refractivity contribution in [1.82, 2.24) is 18.9 Å². The van der Waals surface area contributed by atoms with Crippen LogP contribution < -0.4 is 5.56 Å². The number of nitrogens with zero attached hydrogens (tertiary/aromatic N) is 4. The van der Waals surface area contributed by atoms with Crippen LogP contribution in [0.1, 0.15) is 5.69 Å². The molecular formula is C20H12F2N4OS2. The second kappa shape index (κ2) is 7.09. The number of hydrogen-bond donors (Lipinski definition) is 0. The van der Waals surface area contributed by atoms with Gasteiger partial charge in [0.05, 0.1) is 22.3 Å². The molecule has 0 saturated heterocycles. The van der Waals surface area contributed by atoms with E-state index in [4.69, 9.17) is 0 Å². The summed E-state index contributed by atoms with van der Waals surface area (Å²) in [4.78, 5) is 23.1. The molecule has 0 N–H and O–H groups in total. The Morgan fingerprint density at radius 3 is 2.79 bits per heavy atom. The van der Waals surface area contributed by atoms with Crippen molar-refractivity contribution in [3.05, 3.63) is 87.9 Å². The molecule has 0 unspecified atom stereocenters. The first-order valence-corrected chi connectivity index (χ1v) is 10.5. The number of rotatable bonds is 4. The van der Waals surface area contributed by atoms with E-state index in [2.05, 4.69) is 9.97 Å². The van der Waals surface area contributed by atoms with Gasteiger partial charge in [0.2, 0.25) is 0 Å². The molecule has 3 heterocycles.